The smallest absolute Gasteiger partial charge is 0.229 e. The summed E-state index contributed by atoms with van der Waals surface area (Å²) < 4.78 is 26.9. The molecule has 0 aliphatic carbocycles. The van der Waals surface area contributed by atoms with Crippen LogP contribution in [0.3, 0.4) is 0 Å². The normalized spacial score (nSPS) is 11.2. The molecule has 2 rings (SSSR count). The van der Waals surface area contributed by atoms with E-state index < -0.39 is 10.0 Å². The highest BCUT2D eigenvalue weighted by Crippen LogP contribution is 2.24. The second-order valence-electron chi connectivity index (χ2n) is 4.56. The zero-order chi connectivity index (χ0) is 15.5. The highest BCUT2D eigenvalue weighted by molar-refractivity contribution is 9.13. The highest BCUT2D eigenvalue weighted by atomic mass is 79.9. The highest BCUT2D eigenvalue weighted by Gasteiger charge is 2.03. The fraction of sp³-hybridized carbons (Fsp3) is 0.143. The molecule has 0 amide bonds. The van der Waals surface area contributed by atoms with E-state index in [1.54, 1.807) is 18.2 Å². The van der Waals surface area contributed by atoms with Crippen molar-refractivity contribution in [2.45, 2.75) is 6.54 Å². The van der Waals surface area contributed by atoms with Crippen molar-refractivity contribution in [1.29, 1.82) is 0 Å². The standard InChI is InChI=1S/C14H14Br2N2O2S/c1-21(19,20)18-12-4-2-3-11(8-12)17-9-10-5-6-13(15)14(16)7-10/h2-8,17-18H,9H2,1H3. The van der Waals surface area contributed by atoms with Crippen molar-refractivity contribution < 1.29 is 8.42 Å². The van der Waals surface area contributed by atoms with Gasteiger partial charge in [-0.05, 0) is 67.8 Å². The lowest BCUT2D eigenvalue weighted by Crippen LogP contribution is -2.09. The molecule has 21 heavy (non-hydrogen) atoms. The Kier molecular flexibility index (Phi) is 5.29. The maximum absolute atomic E-state index is 11.2. The van der Waals surface area contributed by atoms with E-state index >= 15 is 0 Å². The largest absolute Gasteiger partial charge is 0.381 e. The van der Waals surface area contributed by atoms with E-state index in [4.69, 9.17) is 0 Å². The van der Waals surface area contributed by atoms with Crippen molar-refractivity contribution in [3.63, 3.8) is 0 Å². The maximum atomic E-state index is 11.2. The number of rotatable bonds is 5. The number of nitrogens with one attached hydrogen (secondary N) is 2. The number of hydrogen-bond acceptors (Lipinski definition) is 3. The molecule has 0 unspecified atom stereocenters. The van der Waals surface area contributed by atoms with Crippen molar-refractivity contribution in [3.05, 3.63) is 57.0 Å². The van der Waals surface area contributed by atoms with E-state index in [1.807, 2.05) is 24.3 Å². The van der Waals surface area contributed by atoms with E-state index in [2.05, 4.69) is 41.9 Å². The molecular weight excluding hydrogens is 420 g/mol. The minimum Gasteiger partial charge on any atom is -0.381 e. The fourth-order valence-corrected chi connectivity index (χ4v) is 2.99. The monoisotopic (exact) mass is 432 g/mol. The Morgan fingerprint density at radius 2 is 1.71 bits per heavy atom. The first kappa shape index (κ1) is 16.3. The Hall–Kier alpha value is -1.05. The molecule has 7 heteroatoms. The Morgan fingerprint density at radius 3 is 2.38 bits per heavy atom. The predicted octanol–water partition coefficient (Wildman–Crippen LogP) is 4.20. The molecule has 0 aromatic heterocycles. The van der Waals surface area contributed by atoms with Gasteiger partial charge in [0.25, 0.3) is 0 Å². The molecule has 0 atom stereocenters. The molecule has 0 fully saturated rings. The number of benzene rings is 2. The molecule has 4 nitrogen and oxygen atoms in total. The van der Waals surface area contributed by atoms with Crippen molar-refractivity contribution in [2.75, 3.05) is 16.3 Å². The first-order valence-corrected chi connectivity index (χ1v) is 9.57. The molecule has 2 N–H and O–H groups in total. The van der Waals surface area contributed by atoms with Crippen LogP contribution in [0.5, 0.6) is 0 Å². The summed E-state index contributed by atoms with van der Waals surface area (Å²) in [5, 5.41) is 3.26. The van der Waals surface area contributed by atoms with Gasteiger partial charge >= 0.3 is 0 Å². The van der Waals surface area contributed by atoms with Crippen molar-refractivity contribution in [3.8, 4) is 0 Å². The Balaban J connectivity index is 2.06. The fourth-order valence-electron chi connectivity index (χ4n) is 1.76. The average Bonchev–Trinajstić information content (AvgIpc) is 2.39. The quantitative estimate of drug-likeness (QED) is 0.742. The van der Waals surface area contributed by atoms with Gasteiger partial charge in [0.15, 0.2) is 0 Å². The molecule has 0 saturated carbocycles. The second-order valence-corrected chi connectivity index (χ2v) is 8.01. The number of anilines is 2. The Morgan fingerprint density at radius 1 is 1.00 bits per heavy atom. The summed E-state index contributed by atoms with van der Waals surface area (Å²) in [5.41, 5.74) is 2.51. The molecule has 2 aromatic carbocycles. The van der Waals surface area contributed by atoms with E-state index in [-0.39, 0.29) is 0 Å². The lowest BCUT2D eigenvalue weighted by atomic mass is 10.2. The molecule has 0 aliphatic rings. The molecule has 0 aliphatic heterocycles. The van der Waals surface area contributed by atoms with Gasteiger partial charge in [-0.1, -0.05) is 12.1 Å². The van der Waals surface area contributed by atoms with Gasteiger partial charge in [0.2, 0.25) is 10.0 Å². The average molecular weight is 434 g/mol. The Labute approximate surface area is 141 Å². The molecule has 112 valence electrons. The minimum atomic E-state index is -3.26. The summed E-state index contributed by atoms with van der Waals surface area (Å²) in [6.45, 7) is 0.647. The summed E-state index contributed by atoms with van der Waals surface area (Å²) in [5.74, 6) is 0. The van der Waals surface area contributed by atoms with Crippen molar-refractivity contribution >= 4 is 53.3 Å². The van der Waals surface area contributed by atoms with Gasteiger partial charge in [-0.3, -0.25) is 4.72 Å². The third-order valence-electron chi connectivity index (χ3n) is 2.65. The molecule has 2 aromatic rings. The zero-order valence-electron chi connectivity index (χ0n) is 11.2. The number of hydrogen-bond donors (Lipinski definition) is 2. The summed E-state index contributed by atoms with van der Waals surface area (Å²) in [6, 6.07) is 13.2. The number of halogens is 2. The lowest BCUT2D eigenvalue weighted by molar-refractivity contribution is 0.607. The van der Waals surface area contributed by atoms with Gasteiger partial charge < -0.3 is 5.32 Å². The summed E-state index contributed by atoms with van der Waals surface area (Å²) in [6.07, 6.45) is 1.13. The lowest BCUT2D eigenvalue weighted by Gasteiger charge is -2.10. The van der Waals surface area contributed by atoms with Crippen LogP contribution in [0.4, 0.5) is 11.4 Å². The van der Waals surface area contributed by atoms with E-state index in [1.165, 1.54) is 0 Å². The van der Waals surface area contributed by atoms with Gasteiger partial charge in [-0.2, -0.15) is 0 Å². The van der Waals surface area contributed by atoms with Crippen LogP contribution < -0.4 is 10.0 Å². The van der Waals surface area contributed by atoms with Gasteiger partial charge in [0.05, 0.1) is 11.9 Å². The molecule has 0 spiro atoms. The van der Waals surface area contributed by atoms with Crippen LogP contribution in [-0.2, 0) is 16.6 Å². The summed E-state index contributed by atoms with van der Waals surface area (Å²) in [7, 11) is -3.26. The van der Waals surface area contributed by atoms with Crippen LogP contribution in [0.1, 0.15) is 5.56 Å². The maximum Gasteiger partial charge on any atom is 0.229 e. The van der Waals surface area contributed by atoms with Gasteiger partial charge in [-0.15, -0.1) is 0 Å². The predicted molar refractivity (Wildman–Crippen MR) is 94.1 cm³/mol. The van der Waals surface area contributed by atoms with Crippen molar-refractivity contribution in [2.24, 2.45) is 0 Å². The van der Waals surface area contributed by atoms with E-state index in [0.717, 1.165) is 26.5 Å². The van der Waals surface area contributed by atoms with Crippen LogP contribution >= 0.6 is 31.9 Å². The summed E-state index contributed by atoms with van der Waals surface area (Å²) in [4.78, 5) is 0. The SMILES string of the molecule is CS(=O)(=O)Nc1cccc(NCc2ccc(Br)c(Br)c2)c1. The first-order valence-electron chi connectivity index (χ1n) is 6.09. The van der Waals surface area contributed by atoms with Gasteiger partial charge in [0.1, 0.15) is 0 Å². The number of sulfonamides is 1. The van der Waals surface area contributed by atoms with E-state index in [9.17, 15) is 8.42 Å². The van der Waals surface area contributed by atoms with Crippen molar-refractivity contribution in [1.82, 2.24) is 0 Å². The van der Waals surface area contributed by atoms with Gasteiger partial charge in [-0.25, -0.2) is 8.42 Å². The third kappa shape index (κ3) is 5.33. The second kappa shape index (κ2) is 6.81. The molecule has 0 heterocycles. The molecule has 0 saturated heterocycles. The molecule has 0 bridgehead atoms. The minimum absolute atomic E-state index is 0.541. The molecule has 0 radical (unpaired) electrons. The van der Waals surface area contributed by atoms with Crippen LogP contribution in [0, 0.1) is 0 Å². The topological polar surface area (TPSA) is 58.2 Å². The van der Waals surface area contributed by atoms with E-state index in [0.29, 0.717) is 12.2 Å². The third-order valence-corrected chi connectivity index (χ3v) is 5.13. The van der Waals surface area contributed by atoms with Crippen LogP contribution in [-0.4, -0.2) is 14.7 Å². The molecular formula is C14H14Br2N2O2S. The zero-order valence-corrected chi connectivity index (χ0v) is 15.2. The summed E-state index contributed by atoms with van der Waals surface area (Å²) >= 11 is 6.90. The first-order chi connectivity index (χ1) is 9.83. The Bertz CT molecular complexity index is 748. The van der Waals surface area contributed by atoms with Crippen LogP contribution in [0.2, 0.25) is 0 Å². The van der Waals surface area contributed by atoms with Crippen LogP contribution in [0.25, 0.3) is 0 Å². The van der Waals surface area contributed by atoms with Crippen LogP contribution in [0.15, 0.2) is 51.4 Å². The van der Waals surface area contributed by atoms with Gasteiger partial charge in [0, 0.05) is 21.2 Å².